The largest absolute Gasteiger partial charge is 0.352 e. The fourth-order valence-corrected chi connectivity index (χ4v) is 6.47. The Morgan fingerprint density at radius 2 is 1.60 bits per heavy atom. The van der Waals surface area contributed by atoms with E-state index in [1.165, 1.54) is 28.6 Å². The van der Waals surface area contributed by atoms with Gasteiger partial charge in [-0.3, -0.25) is 13.9 Å². The second-order valence-corrected chi connectivity index (χ2v) is 13.0. The molecule has 1 N–H and O–H groups in total. The lowest BCUT2D eigenvalue weighted by atomic mass is 10.0. The highest BCUT2D eigenvalue weighted by Gasteiger charge is 2.32. The number of sulfonamides is 1. The number of nitrogens with zero attached hydrogens (tertiary/aromatic N) is 2. The standard InChI is InChI=1S/C33H40FN3O4S/c1-25-11-6-7-14-27(25)24-36(31(23-26-12-4-3-5-13-26)33(39)35-29-15-8-9-16-29)32(38)17-10-22-37(42(2,40)41)30-20-18-28(34)19-21-30/h3-7,11-14,18-21,29,31H,8-10,15-17,22-24H2,1-2H3,(H,35,39). The smallest absolute Gasteiger partial charge is 0.243 e. The Hall–Kier alpha value is -3.72. The Labute approximate surface area is 248 Å². The van der Waals surface area contributed by atoms with Crippen molar-refractivity contribution < 1.29 is 22.4 Å². The molecule has 4 rings (SSSR count). The van der Waals surface area contributed by atoms with Crippen molar-refractivity contribution in [1.82, 2.24) is 10.2 Å². The molecule has 3 aromatic carbocycles. The molecular formula is C33H40FN3O4S. The number of hydrogen-bond donors (Lipinski definition) is 1. The molecule has 0 aliphatic heterocycles. The number of aryl methyl sites for hydroxylation is 1. The molecule has 1 fully saturated rings. The van der Waals surface area contributed by atoms with Crippen LogP contribution in [0.1, 0.15) is 55.2 Å². The average Bonchev–Trinajstić information content (AvgIpc) is 3.47. The number of nitrogens with one attached hydrogen (secondary N) is 1. The van der Waals surface area contributed by atoms with Gasteiger partial charge in [-0.25, -0.2) is 12.8 Å². The van der Waals surface area contributed by atoms with Crippen LogP contribution in [0.4, 0.5) is 10.1 Å². The fourth-order valence-electron chi connectivity index (χ4n) is 5.50. The normalized spacial score (nSPS) is 14.4. The summed E-state index contributed by atoms with van der Waals surface area (Å²) in [5, 5.41) is 3.20. The van der Waals surface area contributed by atoms with Crippen molar-refractivity contribution in [2.45, 2.75) is 70.5 Å². The van der Waals surface area contributed by atoms with E-state index in [1.54, 1.807) is 4.90 Å². The lowest BCUT2D eigenvalue weighted by Gasteiger charge is -2.33. The predicted molar refractivity (Wildman–Crippen MR) is 164 cm³/mol. The highest BCUT2D eigenvalue weighted by atomic mass is 32.2. The molecule has 1 unspecified atom stereocenters. The van der Waals surface area contributed by atoms with Crippen molar-refractivity contribution in [3.05, 3.63) is 101 Å². The average molecular weight is 594 g/mol. The molecule has 0 heterocycles. The molecular weight excluding hydrogens is 553 g/mol. The predicted octanol–water partition coefficient (Wildman–Crippen LogP) is 5.38. The fraction of sp³-hybridized carbons (Fsp3) is 0.394. The van der Waals surface area contributed by atoms with Crippen LogP contribution in [0.25, 0.3) is 0 Å². The van der Waals surface area contributed by atoms with Crippen LogP contribution in [0.15, 0.2) is 78.9 Å². The molecule has 1 aliphatic rings. The van der Waals surface area contributed by atoms with E-state index in [1.807, 2.05) is 61.5 Å². The van der Waals surface area contributed by atoms with Gasteiger partial charge in [-0.15, -0.1) is 0 Å². The van der Waals surface area contributed by atoms with E-state index in [0.29, 0.717) is 12.1 Å². The van der Waals surface area contributed by atoms with Gasteiger partial charge < -0.3 is 10.2 Å². The second-order valence-electron chi connectivity index (χ2n) is 11.1. The first-order chi connectivity index (χ1) is 20.1. The number of benzene rings is 3. The molecule has 0 spiro atoms. The van der Waals surface area contributed by atoms with Gasteiger partial charge in [0, 0.05) is 32.0 Å². The Kier molecular flexibility index (Phi) is 10.7. The Morgan fingerprint density at radius 3 is 2.24 bits per heavy atom. The van der Waals surface area contributed by atoms with Gasteiger partial charge in [0.05, 0.1) is 11.9 Å². The molecule has 9 heteroatoms. The summed E-state index contributed by atoms with van der Waals surface area (Å²) in [6, 6.07) is 22.1. The monoisotopic (exact) mass is 593 g/mol. The third-order valence-corrected chi connectivity index (χ3v) is 9.04. The van der Waals surface area contributed by atoms with E-state index in [2.05, 4.69) is 5.32 Å². The van der Waals surface area contributed by atoms with Gasteiger partial charge in [0.15, 0.2) is 0 Å². The summed E-state index contributed by atoms with van der Waals surface area (Å²) >= 11 is 0. The maximum Gasteiger partial charge on any atom is 0.243 e. The number of carbonyl (C=O) groups excluding carboxylic acids is 2. The van der Waals surface area contributed by atoms with E-state index < -0.39 is 21.9 Å². The Morgan fingerprint density at radius 1 is 0.952 bits per heavy atom. The second kappa shape index (κ2) is 14.4. The van der Waals surface area contributed by atoms with E-state index in [0.717, 1.165) is 48.6 Å². The van der Waals surface area contributed by atoms with Crippen LogP contribution in [-0.4, -0.2) is 50.0 Å². The number of carbonyl (C=O) groups is 2. The van der Waals surface area contributed by atoms with Crippen molar-refractivity contribution in [1.29, 1.82) is 0 Å². The van der Waals surface area contributed by atoms with E-state index >= 15 is 0 Å². The third-order valence-electron chi connectivity index (χ3n) is 7.84. The summed E-state index contributed by atoms with van der Waals surface area (Å²) in [5.74, 6) is -0.861. The molecule has 3 aromatic rings. The van der Waals surface area contributed by atoms with Gasteiger partial charge in [-0.05, 0) is 67.1 Å². The van der Waals surface area contributed by atoms with Crippen molar-refractivity contribution in [2.75, 3.05) is 17.1 Å². The van der Waals surface area contributed by atoms with E-state index in [9.17, 15) is 22.4 Å². The molecule has 42 heavy (non-hydrogen) atoms. The zero-order chi connectivity index (χ0) is 30.1. The first-order valence-corrected chi connectivity index (χ1v) is 16.4. The molecule has 224 valence electrons. The third kappa shape index (κ3) is 8.64. The zero-order valence-corrected chi connectivity index (χ0v) is 25.2. The van der Waals surface area contributed by atoms with Crippen molar-refractivity contribution in [2.24, 2.45) is 0 Å². The first-order valence-electron chi connectivity index (χ1n) is 14.5. The molecule has 1 atom stereocenters. The van der Waals surface area contributed by atoms with Gasteiger partial charge in [-0.2, -0.15) is 0 Å². The number of halogens is 1. The lowest BCUT2D eigenvalue weighted by molar-refractivity contribution is -0.141. The summed E-state index contributed by atoms with van der Waals surface area (Å²) in [7, 11) is -3.67. The minimum absolute atomic E-state index is 0.0428. The van der Waals surface area contributed by atoms with E-state index in [4.69, 9.17) is 0 Å². The van der Waals surface area contributed by atoms with Gasteiger partial charge >= 0.3 is 0 Å². The molecule has 0 bridgehead atoms. The van der Waals surface area contributed by atoms with Crippen LogP contribution in [0.2, 0.25) is 0 Å². The summed E-state index contributed by atoms with van der Waals surface area (Å²) in [6.45, 7) is 2.29. The summed E-state index contributed by atoms with van der Waals surface area (Å²) < 4.78 is 39.8. The SMILES string of the molecule is Cc1ccccc1CN(C(=O)CCCN(c1ccc(F)cc1)S(C)(=O)=O)C(Cc1ccccc1)C(=O)NC1CCCC1. The van der Waals surface area contributed by atoms with E-state index in [-0.39, 0.29) is 43.8 Å². The number of amides is 2. The quantitative estimate of drug-likeness (QED) is 0.288. The van der Waals surface area contributed by atoms with Crippen molar-refractivity contribution in [3.8, 4) is 0 Å². The molecule has 0 aromatic heterocycles. The summed E-state index contributed by atoms with van der Waals surface area (Å²) in [4.78, 5) is 29.5. The highest BCUT2D eigenvalue weighted by Crippen LogP contribution is 2.23. The molecule has 0 radical (unpaired) electrons. The van der Waals surface area contributed by atoms with Crippen LogP contribution in [-0.2, 0) is 32.6 Å². The van der Waals surface area contributed by atoms with Gasteiger partial charge in [0.25, 0.3) is 0 Å². The van der Waals surface area contributed by atoms with Gasteiger partial charge in [0.1, 0.15) is 11.9 Å². The van der Waals surface area contributed by atoms with Crippen LogP contribution < -0.4 is 9.62 Å². The Bertz CT molecular complexity index is 1440. The first kappa shape index (κ1) is 31.2. The summed E-state index contributed by atoms with van der Waals surface area (Å²) in [6.07, 6.45) is 5.74. The summed E-state index contributed by atoms with van der Waals surface area (Å²) in [5.41, 5.74) is 3.25. The van der Waals surface area contributed by atoms with Gasteiger partial charge in [0.2, 0.25) is 21.8 Å². The lowest BCUT2D eigenvalue weighted by Crippen LogP contribution is -2.52. The maximum atomic E-state index is 14.0. The minimum atomic E-state index is -3.67. The highest BCUT2D eigenvalue weighted by molar-refractivity contribution is 7.92. The van der Waals surface area contributed by atoms with Crippen molar-refractivity contribution in [3.63, 3.8) is 0 Å². The minimum Gasteiger partial charge on any atom is -0.352 e. The molecule has 1 saturated carbocycles. The van der Waals surface area contributed by atoms with Crippen LogP contribution in [0.5, 0.6) is 0 Å². The molecule has 0 saturated heterocycles. The molecule has 2 amide bonds. The molecule has 1 aliphatic carbocycles. The topological polar surface area (TPSA) is 86.8 Å². The van der Waals surface area contributed by atoms with Crippen molar-refractivity contribution >= 4 is 27.5 Å². The number of rotatable bonds is 13. The van der Waals surface area contributed by atoms with Crippen LogP contribution in [0, 0.1) is 12.7 Å². The van der Waals surface area contributed by atoms with Crippen LogP contribution >= 0.6 is 0 Å². The van der Waals surface area contributed by atoms with Gasteiger partial charge in [-0.1, -0.05) is 67.4 Å². The number of hydrogen-bond acceptors (Lipinski definition) is 4. The molecule has 7 nitrogen and oxygen atoms in total. The number of anilines is 1. The zero-order valence-electron chi connectivity index (χ0n) is 24.3. The van der Waals surface area contributed by atoms with Crippen LogP contribution in [0.3, 0.4) is 0 Å². The maximum absolute atomic E-state index is 14.0. The Balaban J connectivity index is 1.59.